The third-order valence-corrected chi connectivity index (χ3v) is 5.05. The van der Waals surface area contributed by atoms with E-state index in [1.807, 2.05) is 37.3 Å². The third-order valence-electron chi connectivity index (χ3n) is 3.67. The van der Waals surface area contributed by atoms with E-state index in [9.17, 15) is 9.90 Å². The highest BCUT2D eigenvalue weighted by Crippen LogP contribution is 2.37. The lowest BCUT2D eigenvalue weighted by Gasteiger charge is -2.14. The molecule has 1 fully saturated rings. The number of ether oxygens (including phenoxy) is 1. The van der Waals surface area contributed by atoms with Gasteiger partial charge in [-0.1, -0.05) is 66.4 Å². The Hall–Kier alpha value is -2.31. The Morgan fingerprint density at radius 3 is 2.68 bits per heavy atom. The van der Waals surface area contributed by atoms with E-state index in [2.05, 4.69) is 0 Å². The van der Waals surface area contributed by atoms with Gasteiger partial charge in [0.15, 0.2) is 11.5 Å². The van der Waals surface area contributed by atoms with E-state index in [0.717, 1.165) is 5.56 Å². The van der Waals surface area contributed by atoms with Gasteiger partial charge in [-0.05, 0) is 24.6 Å². The van der Waals surface area contributed by atoms with Crippen molar-refractivity contribution in [2.75, 3.05) is 6.61 Å². The highest BCUT2D eigenvalue weighted by atomic mass is 32.2. The lowest BCUT2D eigenvalue weighted by atomic mass is 10.1. The van der Waals surface area contributed by atoms with Gasteiger partial charge >= 0.3 is 0 Å². The summed E-state index contributed by atoms with van der Waals surface area (Å²) in [6.07, 6.45) is 1.65. The van der Waals surface area contributed by atoms with Gasteiger partial charge in [0.1, 0.15) is 4.32 Å². The van der Waals surface area contributed by atoms with Gasteiger partial charge in [-0.25, -0.2) is 0 Å². The number of carbonyl (C=O) groups is 1. The zero-order valence-electron chi connectivity index (χ0n) is 13.6. The molecule has 128 valence electrons. The van der Waals surface area contributed by atoms with Gasteiger partial charge < -0.3 is 9.84 Å². The second kappa shape index (κ2) is 7.72. The average Bonchev–Trinajstić information content (AvgIpc) is 2.87. The number of nitrogens with zero attached hydrogens (tertiary/aromatic N) is 1. The smallest absolute Gasteiger partial charge is 0.266 e. The molecule has 0 radical (unpaired) electrons. The highest BCUT2D eigenvalue weighted by molar-refractivity contribution is 8.26. The maximum atomic E-state index is 12.7. The van der Waals surface area contributed by atoms with Gasteiger partial charge in [0.2, 0.25) is 0 Å². The number of carbonyl (C=O) groups excluding carboxylic acids is 1. The van der Waals surface area contributed by atoms with E-state index >= 15 is 0 Å². The molecule has 2 aromatic carbocycles. The molecule has 0 saturated carbocycles. The molecular weight excluding hydrogens is 354 g/mol. The second-order valence-corrected chi connectivity index (χ2v) is 7.06. The highest BCUT2D eigenvalue weighted by Gasteiger charge is 2.32. The quantitative estimate of drug-likeness (QED) is 0.631. The van der Waals surface area contributed by atoms with E-state index in [-0.39, 0.29) is 11.7 Å². The maximum absolute atomic E-state index is 12.7. The molecule has 0 unspecified atom stereocenters. The summed E-state index contributed by atoms with van der Waals surface area (Å²) in [7, 11) is 0. The number of thioether (sulfide) groups is 1. The minimum absolute atomic E-state index is 0.0256. The molecule has 3 rings (SSSR count). The number of benzene rings is 2. The fourth-order valence-corrected chi connectivity index (χ4v) is 3.72. The van der Waals surface area contributed by atoms with E-state index < -0.39 is 0 Å². The Bertz CT molecular complexity index is 834. The van der Waals surface area contributed by atoms with E-state index in [1.165, 1.54) is 11.8 Å². The molecule has 0 spiro atoms. The third kappa shape index (κ3) is 3.86. The fourth-order valence-electron chi connectivity index (χ4n) is 2.47. The van der Waals surface area contributed by atoms with Gasteiger partial charge in [0, 0.05) is 5.56 Å². The monoisotopic (exact) mass is 371 g/mol. The zero-order chi connectivity index (χ0) is 17.8. The first-order valence-electron chi connectivity index (χ1n) is 7.84. The Kier molecular flexibility index (Phi) is 5.40. The van der Waals surface area contributed by atoms with Crippen molar-refractivity contribution in [3.05, 3.63) is 64.6 Å². The van der Waals surface area contributed by atoms with Crippen LogP contribution in [-0.4, -0.2) is 26.8 Å². The predicted octanol–water partition coefficient (Wildman–Crippen LogP) is 4.19. The van der Waals surface area contributed by atoms with Crippen molar-refractivity contribution in [2.24, 2.45) is 0 Å². The van der Waals surface area contributed by atoms with Crippen molar-refractivity contribution in [1.82, 2.24) is 4.90 Å². The predicted molar refractivity (Wildman–Crippen MR) is 104 cm³/mol. The van der Waals surface area contributed by atoms with Crippen molar-refractivity contribution in [2.45, 2.75) is 13.5 Å². The molecule has 1 aliphatic rings. The summed E-state index contributed by atoms with van der Waals surface area (Å²) in [5, 5.41) is 10.3. The topological polar surface area (TPSA) is 49.8 Å². The number of phenolic OH excluding ortho intramolecular Hbond substituents is 1. The van der Waals surface area contributed by atoms with Crippen LogP contribution in [0.3, 0.4) is 0 Å². The number of aromatic hydroxyl groups is 1. The van der Waals surface area contributed by atoms with Crippen LogP contribution in [0, 0.1) is 0 Å². The standard InChI is InChI=1S/C19H17NO3S2/c1-2-23-15-10-6-9-14(17(15)21)11-16-18(22)20(19(24)25-16)12-13-7-4-3-5-8-13/h3-11,21H,2,12H2,1H3/b16-11+. The first kappa shape index (κ1) is 17.5. The second-order valence-electron chi connectivity index (χ2n) is 5.38. The first-order valence-corrected chi connectivity index (χ1v) is 9.06. The Morgan fingerprint density at radius 1 is 1.20 bits per heavy atom. The first-order chi connectivity index (χ1) is 12.1. The molecule has 0 bridgehead atoms. The summed E-state index contributed by atoms with van der Waals surface area (Å²) >= 11 is 6.59. The van der Waals surface area contributed by atoms with Crippen LogP contribution in [0.5, 0.6) is 11.5 Å². The van der Waals surface area contributed by atoms with Crippen LogP contribution < -0.4 is 4.74 Å². The van der Waals surface area contributed by atoms with Crippen LogP contribution in [0.25, 0.3) is 6.08 Å². The van der Waals surface area contributed by atoms with Crippen LogP contribution in [0.15, 0.2) is 53.4 Å². The maximum Gasteiger partial charge on any atom is 0.266 e. The molecule has 0 atom stereocenters. The molecule has 6 heteroatoms. The molecule has 1 saturated heterocycles. The number of hydrogen-bond acceptors (Lipinski definition) is 5. The van der Waals surface area contributed by atoms with Gasteiger partial charge in [-0.3, -0.25) is 9.69 Å². The number of amides is 1. The van der Waals surface area contributed by atoms with Gasteiger partial charge in [0.25, 0.3) is 5.91 Å². The number of rotatable bonds is 5. The molecule has 2 aromatic rings. The van der Waals surface area contributed by atoms with Gasteiger partial charge in [0.05, 0.1) is 18.1 Å². The number of hydrogen-bond donors (Lipinski definition) is 1. The molecule has 0 aromatic heterocycles. The molecule has 1 amide bonds. The fraction of sp³-hybridized carbons (Fsp3) is 0.158. The lowest BCUT2D eigenvalue weighted by molar-refractivity contribution is -0.122. The Balaban J connectivity index is 1.84. The van der Waals surface area contributed by atoms with Crippen LogP contribution in [0.4, 0.5) is 0 Å². The molecule has 4 nitrogen and oxygen atoms in total. The van der Waals surface area contributed by atoms with E-state index in [1.54, 1.807) is 29.2 Å². The Morgan fingerprint density at radius 2 is 1.96 bits per heavy atom. The van der Waals surface area contributed by atoms with Crippen LogP contribution >= 0.6 is 24.0 Å². The summed E-state index contributed by atoms with van der Waals surface area (Å²) in [6.45, 7) is 2.74. The van der Waals surface area contributed by atoms with Crippen LogP contribution in [-0.2, 0) is 11.3 Å². The normalized spacial score (nSPS) is 15.9. The summed E-state index contributed by atoms with van der Waals surface area (Å²) in [5.41, 5.74) is 1.55. The van der Waals surface area contributed by atoms with Crippen molar-refractivity contribution >= 4 is 40.3 Å². The lowest BCUT2D eigenvalue weighted by Crippen LogP contribution is -2.27. The minimum Gasteiger partial charge on any atom is -0.504 e. The van der Waals surface area contributed by atoms with Gasteiger partial charge in [-0.2, -0.15) is 0 Å². The van der Waals surface area contributed by atoms with Gasteiger partial charge in [-0.15, -0.1) is 0 Å². The zero-order valence-corrected chi connectivity index (χ0v) is 15.3. The summed E-state index contributed by atoms with van der Waals surface area (Å²) in [5.74, 6) is 0.272. The summed E-state index contributed by atoms with van der Waals surface area (Å²) in [4.78, 5) is 14.7. The summed E-state index contributed by atoms with van der Waals surface area (Å²) in [6, 6.07) is 14.9. The number of para-hydroxylation sites is 1. The number of phenols is 1. The van der Waals surface area contributed by atoms with Crippen molar-refractivity contribution in [3.63, 3.8) is 0 Å². The van der Waals surface area contributed by atoms with E-state index in [0.29, 0.717) is 33.7 Å². The van der Waals surface area contributed by atoms with Crippen molar-refractivity contribution < 1.29 is 14.6 Å². The summed E-state index contributed by atoms with van der Waals surface area (Å²) < 4.78 is 5.90. The van der Waals surface area contributed by atoms with Crippen molar-refractivity contribution in [1.29, 1.82) is 0 Å². The molecular formula is C19H17NO3S2. The minimum atomic E-state index is -0.153. The molecule has 1 aliphatic heterocycles. The SMILES string of the molecule is CCOc1cccc(/C=C2/SC(=S)N(Cc3ccccc3)C2=O)c1O. The molecule has 25 heavy (non-hydrogen) atoms. The van der Waals surface area contributed by atoms with Crippen LogP contribution in [0.2, 0.25) is 0 Å². The average molecular weight is 371 g/mol. The molecule has 0 aliphatic carbocycles. The largest absolute Gasteiger partial charge is 0.504 e. The molecule has 1 N–H and O–H groups in total. The molecule has 1 heterocycles. The number of thiocarbonyl (C=S) groups is 1. The van der Waals surface area contributed by atoms with Crippen molar-refractivity contribution in [3.8, 4) is 11.5 Å². The Labute approximate surface area is 156 Å². The van der Waals surface area contributed by atoms with E-state index in [4.69, 9.17) is 17.0 Å². The van der Waals surface area contributed by atoms with Crippen LogP contribution in [0.1, 0.15) is 18.1 Å².